The molecule has 1 fully saturated rings. The summed E-state index contributed by atoms with van der Waals surface area (Å²) in [6, 6.07) is 7.17. The number of rotatable bonds is 11. The molecule has 0 radical (unpaired) electrons. The monoisotopic (exact) mass is 537 g/mol. The summed E-state index contributed by atoms with van der Waals surface area (Å²) in [5, 5.41) is 11.5. The van der Waals surface area contributed by atoms with Crippen LogP contribution in [-0.4, -0.2) is 73.3 Å². The van der Waals surface area contributed by atoms with Crippen LogP contribution in [-0.2, 0) is 16.1 Å². The Bertz CT molecular complexity index is 1360. The van der Waals surface area contributed by atoms with E-state index in [1.165, 1.54) is 40.4 Å². The van der Waals surface area contributed by atoms with E-state index in [1.54, 1.807) is 42.9 Å². The number of Topliss-reactive ketones (excluding diaryl/α,β-unsaturated/α-hetero) is 1. The summed E-state index contributed by atoms with van der Waals surface area (Å²) < 4.78 is 29.0. The lowest BCUT2D eigenvalue weighted by Gasteiger charge is -2.26. The van der Waals surface area contributed by atoms with Crippen LogP contribution < -0.4 is 23.7 Å². The summed E-state index contributed by atoms with van der Waals surface area (Å²) in [4.78, 5) is 32.3. The van der Waals surface area contributed by atoms with Gasteiger partial charge in [-0.2, -0.15) is 0 Å². The molecule has 0 saturated carbocycles. The minimum atomic E-state index is -0.922. The molecule has 1 N–H and O–H groups in total. The van der Waals surface area contributed by atoms with E-state index in [0.717, 1.165) is 0 Å². The third-order valence-electron chi connectivity index (χ3n) is 6.57. The van der Waals surface area contributed by atoms with E-state index in [1.807, 2.05) is 10.8 Å². The Morgan fingerprint density at radius 3 is 2.10 bits per heavy atom. The van der Waals surface area contributed by atoms with Gasteiger partial charge in [0, 0.05) is 31.0 Å². The molecule has 1 saturated heterocycles. The number of aryl methyl sites for hydroxylation is 1. The summed E-state index contributed by atoms with van der Waals surface area (Å²) >= 11 is 0. The van der Waals surface area contributed by atoms with E-state index in [0.29, 0.717) is 52.8 Å². The Hall–Kier alpha value is -4.67. The number of carbonyl (C=O) groups excluding carboxylic acids is 2. The standard InChI is InChI=1S/C28H31N3O8/c1-35-19-8-7-17(13-20(19)36-2)25(32)23-24(18-14-21(37-3)27(39-5)22(15-18)38-4)31(28(34)26(23)33)11-6-10-30-12-9-29-16-30/h7-9,12-16,24,32H,6,10-11H2,1-5H3/t24-/m1/s1. The number of benzene rings is 2. The topological polar surface area (TPSA) is 122 Å². The summed E-state index contributed by atoms with van der Waals surface area (Å²) in [5.74, 6) is 0.00973. The van der Waals surface area contributed by atoms with Gasteiger partial charge in [0.05, 0.1) is 53.5 Å². The number of imidazole rings is 1. The van der Waals surface area contributed by atoms with E-state index in [-0.39, 0.29) is 17.9 Å². The van der Waals surface area contributed by atoms with Crippen molar-refractivity contribution in [2.24, 2.45) is 0 Å². The van der Waals surface area contributed by atoms with Crippen molar-refractivity contribution < 1.29 is 38.4 Å². The smallest absolute Gasteiger partial charge is 0.295 e. The minimum Gasteiger partial charge on any atom is -0.507 e. The molecule has 1 aliphatic rings. The number of ketones is 1. The molecule has 1 aromatic heterocycles. The van der Waals surface area contributed by atoms with Crippen molar-refractivity contribution >= 4 is 17.4 Å². The number of aliphatic hydroxyl groups is 1. The van der Waals surface area contributed by atoms with Gasteiger partial charge in [-0.15, -0.1) is 0 Å². The van der Waals surface area contributed by atoms with E-state index < -0.39 is 17.7 Å². The average molecular weight is 538 g/mol. The Morgan fingerprint density at radius 2 is 1.54 bits per heavy atom. The highest BCUT2D eigenvalue weighted by Gasteiger charge is 2.46. The molecule has 0 unspecified atom stereocenters. The minimum absolute atomic E-state index is 0.0656. The maximum Gasteiger partial charge on any atom is 0.295 e. The van der Waals surface area contributed by atoms with Crippen LogP contribution in [0.25, 0.3) is 5.76 Å². The van der Waals surface area contributed by atoms with E-state index in [2.05, 4.69) is 4.98 Å². The van der Waals surface area contributed by atoms with Crippen LogP contribution in [0.3, 0.4) is 0 Å². The van der Waals surface area contributed by atoms with E-state index >= 15 is 0 Å². The number of amides is 1. The molecular weight excluding hydrogens is 506 g/mol. The molecule has 1 amide bonds. The zero-order valence-corrected chi connectivity index (χ0v) is 22.5. The molecule has 11 nitrogen and oxygen atoms in total. The average Bonchev–Trinajstić information content (AvgIpc) is 3.57. The predicted octanol–water partition coefficient (Wildman–Crippen LogP) is 3.44. The molecule has 1 atom stereocenters. The first kappa shape index (κ1) is 27.4. The molecule has 2 aromatic carbocycles. The second kappa shape index (κ2) is 11.8. The van der Waals surface area contributed by atoms with Crippen molar-refractivity contribution in [2.75, 3.05) is 42.1 Å². The van der Waals surface area contributed by atoms with Gasteiger partial charge in [0.15, 0.2) is 23.0 Å². The first-order chi connectivity index (χ1) is 18.9. The van der Waals surface area contributed by atoms with Gasteiger partial charge in [-0.25, -0.2) is 4.98 Å². The second-order valence-electron chi connectivity index (χ2n) is 8.67. The van der Waals surface area contributed by atoms with Crippen LogP contribution in [0.15, 0.2) is 54.6 Å². The Morgan fingerprint density at radius 1 is 0.872 bits per heavy atom. The number of carbonyl (C=O) groups is 2. The third kappa shape index (κ3) is 5.20. The van der Waals surface area contributed by atoms with Crippen molar-refractivity contribution in [3.63, 3.8) is 0 Å². The quantitative estimate of drug-likeness (QED) is 0.223. The highest BCUT2D eigenvalue weighted by molar-refractivity contribution is 6.46. The maximum atomic E-state index is 13.4. The summed E-state index contributed by atoms with van der Waals surface area (Å²) in [6.45, 7) is 0.827. The zero-order chi connectivity index (χ0) is 28.1. The van der Waals surface area contributed by atoms with Crippen LogP contribution in [0.2, 0.25) is 0 Å². The number of hydrogen-bond donors (Lipinski definition) is 1. The fraction of sp³-hybridized carbons (Fsp3) is 0.321. The zero-order valence-electron chi connectivity index (χ0n) is 22.5. The molecule has 206 valence electrons. The molecule has 3 aromatic rings. The largest absolute Gasteiger partial charge is 0.507 e. The molecule has 0 aliphatic carbocycles. The molecule has 11 heteroatoms. The van der Waals surface area contributed by atoms with Gasteiger partial charge in [-0.3, -0.25) is 9.59 Å². The maximum absolute atomic E-state index is 13.4. The van der Waals surface area contributed by atoms with Gasteiger partial charge in [0.1, 0.15) is 5.76 Å². The number of hydrogen-bond acceptors (Lipinski definition) is 9. The van der Waals surface area contributed by atoms with Gasteiger partial charge in [0.25, 0.3) is 11.7 Å². The van der Waals surface area contributed by atoms with Gasteiger partial charge in [-0.05, 0) is 42.3 Å². The highest BCUT2D eigenvalue weighted by atomic mass is 16.5. The van der Waals surface area contributed by atoms with Crippen molar-refractivity contribution in [1.82, 2.24) is 14.5 Å². The van der Waals surface area contributed by atoms with Crippen LogP contribution in [0.5, 0.6) is 28.7 Å². The van der Waals surface area contributed by atoms with E-state index in [9.17, 15) is 14.7 Å². The number of likely N-dealkylation sites (tertiary alicyclic amines) is 1. The van der Waals surface area contributed by atoms with Gasteiger partial charge < -0.3 is 38.3 Å². The fourth-order valence-electron chi connectivity index (χ4n) is 4.70. The van der Waals surface area contributed by atoms with Crippen molar-refractivity contribution in [3.05, 3.63) is 65.8 Å². The highest BCUT2D eigenvalue weighted by Crippen LogP contribution is 2.46. The van der Waals surface area contributed by atoms with Crippen LogP contribution in [0.4, 0.5) is 0 Å². The Kier molecular flexibility index (Phi) is 8.28. The number of aromatic nitrogens is 2. The van der Waals surface area contributed by atoms with Crippen molar-refractivity contribution in [1.29, 1.82) is 0 Å². The van der Waals surface area contributed by atoms with Gasteiger partial charge in [0.2, 0.25) is 5.75 Å². The number of aliphatic hydroxyl groups excluding tert-OH is 1. The predicted molar refractivity (Wildman–Crippen MR) is 141 cm³/mol. The van der Waals surface area contributed by atoms with Crippen molar-refractivity contribution in [3.8, 4) is 28.7 Å². The second-order valence-corrected chi connectivity index (χ2v) is 8.67. The fourth-order valence-corrected chi connectivity index (χ4v) is 4.70. The van der Waals surface area contributed by atoms with Crippen LogP contribution in [0, 0.1) is 0 Å². The first-order valence-corrected chi connectivity index (χ1v) is 12.1. The lowest BCUT2D eigenvalue weighted by Crippen LogP contribution is -2.31. The number of nitrogens with zero attached hydrogens (tertiary/aromatic N) is 3. The molecular formula is C28H31N3O8. The summed E-state index contributed by atoms with van der Waals surface area (Å²) in [5.41, 5.74) is 0.735. The third-order valence-corrected chi connectivity index (χ3v) is 6.57. The van der Waals surface area contributed by atoms with E-state index in [4.69, 9.17) is 23.7 Å². The van der Waals surface area contributed by atoms with Crippen LogP contribution in [0.1, 0.15) is 23.6 Å². The molecule has 39 heavy (non-hydrogen) atoms. The van der Waals surface area contributed by atoms with Crippen LogP contribution >= 0.6 is 0 Å². The Labute approximate surface area is 226 Å². The summed E-state index contributed by atoms with van der Waals surface area (Å²) in [7, 11) is 7.41. The molecule has 0 spiro atoms. The summed E-state index contributed by atoms with van der Waals surface area (Å²) in [6.07, 6.45) is 5.72. The molecule has 2 heterocycles. The lowest BCUT2D eigenvalue weighted by molar-refractivity contribution is -0.139. The first-order valence-electron chi connectivity index (χ1n) is 12.1. The van der Waals surface area contributed by atoms with Crippen molar-refractivity contribution in [2.45, 2.75) is 19.0 Å². The number of methoxy groups -OCH3 is 5. The lowest BCUT2D eigenvalue weighted by atomic mass is 9.94. The van der Waals surface area contributed by atoms with Gasteiger partial charge in [-0.1, -0.05) is 0 Å². The number of ether oxygens (including phenoxy) is 5. The molecule has 0 bridgehead atoms. The Balaban J connectivity index is 1.86. The van der Waals surface area contributed by atoms with Gasteiger partial charge >= 0.3 is 0 Å². The molecule has 4 rings (SSSR count). The normalized spacial score (nSPS) is 16.3. The molecule has 1 aliphatic heterocycles. The SMILES string of the molecule is COc1ccc(C(O)=C2C(=O)C(=O)N(CCCn3ccnc3)[C@@H]2c2cc(OC)c(OC)c(OC)c2)cc1OC.